The number of aliphatic carboxylic acids is 1. The molecule has 0 unspecified atom stereocenters. The molecule has 0 fully saturated rings. The number of hydrogen-bond donors (Lipinski definition) is 3. The lowest BCUT2D eigenvalue weighted by Gasteiger charge is -2.21. The highest BCUT2D eigenvalue weighted by Gasteiger charge is 2.32. The van der Waals surface area contributed by atoms with Gasteiger partial charge in [0.15, 0.2) is 5.82 Å². The quantitative estimate of drug-likeness (QED) is 0.619. The van der Waals surface area contributed by atoms with Gasteiger partial charge in [-0.3, -0.25) is 9.78 Å². The predicted molar refractivity (Wildman–Crippen MR) is 101 cm³/mol. The zero-order chi connectivity index (χ0) is 19.1. The first kappa shape index (κ1) is 19.2. The molecule has 144 valence electrons. The zero-order valence-electron chi connectivity index (χ0n) is 15.6. The molecule has 2 aromatic heterocycles. The topological polar surface area (TPSA) is 117 Å². The molecule has 0 spiro atoms. The van der Waals surface area contributed by atoms with E-state index in [0.29, 0.717) is 18.7 Å². The summed E-state index contributed by atoms with van der Waals surface area (Å²) in [6, 6.07) is 4.04. The predicted octanol–water partition coefficient (Wildman–Crippen LogP) is 2.19. The summed E-state index contributed by atoms with van der Waals surface area (Å²) in [5, 5.41) is 27.2. The highest BCUT2D eigenvalue weighted by atomic mass is 16.4. The van der Waals surface area contributed by atoms with Crippen molar-refractivity contribution in [3.63, 3.8) is 0 Å². The maximum absolute atomic E-state index is 11.9. The van der Waals surface area contributed by atoms with Gasteiger partial charge in [-0.1, -0.05) is 37.1 Å². The normalized spacial score (nSPS) is 16.6. The largest absolute Gasteiger partial charge is 0.481 e. The molecule has 3 rings (SSSR count). The van der Waals surface area contributed by atoms with Crippen molar-refractivity contribution in [1.29, 1.82) is 0 Å². The molecule has 2 atom stereocenters. The van der Waals surface area contributed by atoms with Crippen molar-refractivity contribution in [3.05, 3.63) is 41.5 Å². The number of carboxylic acids is 1. The second-order valence-corrected chi connectivity index (χ2v) is 6.89. The third kappa shape index (κ3) is 4.97. The number of carbonyl (C=O) groups is 1. The van der Waals surface area contributed by atoms with Crippen LogP contribution in [0.15, 0.2) is 24.4 Å². The van der Waals surface area contributed by atoms with Crippen molar-refractivity contribution in [3.8, 4) is 0 Å². The zero-order valence-corrected chi connectivity index (χ0v) is 15.6. The molecule has 3 N–H and O–H groups in total. The van der Waals surface area contributed by atoms with E-state index in [4.69, 9.17) is 0 Å². The highest BCUT2D eigenvalue weighted by Crippen LogP contribution is 2.30. The van der Waals surface area contributed by atoms with Crippen LogP contribution in [0.3, 0.4) is 0 Å². The van der Waals surface area contributed by atoms with Gasteiger partial charge in [-0.25, -0.2) is 0 Å². The van der Waals surface area contributed by atoms with E-state index >= 15 is 0 Å². The smallest absolute Gasteiger partial charge is 0.307 e. The second-order valence-electron chi connectivity index (χ2n) is 6.89. The fourth-order valence-electron chi connectivity index (χ4n) is 3.51. The van der Waals surface area contributed by atoms with Gasteiger partial charge in [-0.15, -0.1) is 10.2 Å². The SMILES string of the molecule is CCCC[C@H](C(=O)O)[C@H](Cc1ccc(C2=CCNCC2)cn1)c1nn[nH]n1. The summed E-state index contributed by atoms with van der Waals surface area (Å²) >= 11 is 0. The molecule has 0 aromatic carbocycles. The van der Waals surface area contributed by atoms with Gasteiger partial charge in [-0.05, 0) is 36.6 Å². The van der Waals surface area contributed by atoms with Gasteiger partial charge in [0.2, 0.25) is 0 Å². The van der Waals surface area contributed by atoms with Gasteiger partial charge in [0.1, 0.15) is 0 Å². The Morgan fingerprint density at radius 1 is 1.37 bits per heavy atom. The van der Waals surface area contributed by atoms with E-state index in [1.54, 1.807) is 0 Å². The van der Waals surface area contributed by atoms with E-state index < -0.39 is 11.9 Å². The Balaban J connectivity index is 1.79. The van der Waals surface area contributed by atoms with Gasteiger partial charge in [0.25, 0.3) is 0 Å². The fraction of sp³-hybridized carbons (Fsp3) is 0.526. The lowest BCUT2D eigenvalue weighted by molar-refractivity contribution is -0.143. The standard InChI is InChI=1S/C19H26N6O2/c1-2-3-4-16(19(26)27)17(18-22-24-25-23-18)11-15-6-5-14(12-21-15)13-7-9-20-10-8-13/h5-7,12,16-17,20H,2-4,8-11H2,1H3,(H,26,27)(H,22,23,24,25)/t16-,17-/m0/s1. The molecule has 8 nitrogen and oxygen atoms in total. The number of unbranched alkanes of at least 4 members (excludes halogenated alkanes) is 1. The number of nitrogens with zero attached hydrogens (tertiary/aromatic N) is 4. The van der Waals surface area contributed by atoms with Crippen molar-refractivity contribution in [2.75, 3.05) is 13.1 Å². The molecule has 2 aromatic rings. The fourth-order valence-corrected chi connectivity index (χ4v) is 3.51. The number of H-pyrrole nitrogens is 1. The van der Waals surface area contributed by atoms with E-state index in [1.807, 2.05) is 12.3 Å². The Kier molecular flexibility index (Phi) is 6.64. The van der Waals surface area contributed by atoms with Crippen LogP contribution in [0.5, 0.6) is 0 Å². The number of nitrogens with one attached hydrogen (secondary N) is 2. The van der Waals surface area contributed by atoms with Crippen LogP contribution in [0.2, 0.25) is 0 Å². The van der Waals surface area contributed by atoms with Crippen molar-refractivity contribution in [2.24, 2.45) is 5.92 Å². The highest BCUT2D eigenvalue weighted by molar-refractivity contribution is 5.71. The Morgan fingerprint density at radius 2 is 2.26 bits per heavy atom. The molecule has 0 bridgehead atoms. The Morgan fingerprint density at radius 3 is 2.85 bits per heavy atom. The number of hydrogen-bond acceptors (Lipinski definition) is 6. The van der Waals surface area contributed by atoms with Crippen LogP contribution in [0.25, 0.3) is 5.57 Å². The maximum atomic E-state index is 11.9. The van der Waals surface area contributed by atoms with E-state index in [2.05, 4.69) is 50.0 Å². The number of tetrazole rings is 1. The van der Waals surface area contributed by atoms with Crippen LogP contribution >= 0.6 is 0 Å². The maximum Gasteiger partial charge on any atom is 0.307 e. The summed E-state index contributed by atoms with van der Waals surface area (Å²) in [6.07, 6.45) is 7.91. The summed E-state index contributed by atoms with van der Waals surface area (Å²) in [7, 11) is 0. The Hall–Kier alpha value is -2.61. The first-order valence-corrected chi connectivity index (χ1v) is 9.50. The monoisotopic (exact) mass is 370 g/mol. The van der Waals surface area contributed by atoms with Crippen molar-refractivity contribution in [2.45, 2.75) is 44.9 Å². The van der Waals surface area contributed by atoms with E-state index in [-0.39, 0.29) is 5.92 Å². The number of aromatic nitrogens is 5. The van der Waals surface area contributed by atoms with Crippen LogP contribution in [-0.4, -0.2) is 49.8 Å². The van der Waals surface area contributed by atoms with E-state index in [9.17, 15) is 9.90 Å². The molecular formula is C19H26N6O2. The molecule has 1 aliphatic heterocycles. The molecule has 0 radical (unpaired) electrons. The summed E-state index contributed by atoms with van der Waals surface area (Å²) in [5.74, 6) is -1.31. The summed E-state index contributed by atoms with van der Waals surface area (Å²) < 4.78 is 0. The number of aromatic amines is 1. The number of carboxylic acid groups (broad SMARTS) is 1. The first-order chi connectivity index (χ1) is 13.2. The molecular weight excluding hydrogens is 344 g/mol. The van der Waals surface area contributed by atoms with Gasteiger partial charge in [0.05, 0.1) is 5.92 Å². The molecule has 1 aliphatic rings. The van der Waals surface area contributed by atoms with Gasteiger partial charge < -0.3 is 10.4 Å². The van der Waals surface area contributed by atoms with Crippen molar-refractivity contribution >= 4 is 11.5 Å². The summed E-state index contributed by atoms with van der Waals surface area (Å²) in [4.78, 5) is 16.5. The van der Waals surface area contributed by atoms with Crippen molar-refractivity contribution < 1.29 is 9.90 Å². The van der Waals surface area contributed by atoms with Gasteiger partial charge >= 0.3 is 5.97 Å². The number of rotatable bonds is 9. The Bertz CT molecular complexity index is 757. The van der Waals surface area contributed by atoms with Crippen LogP contribution in [0.1, 0.15) is 55.6 Å². The minimum atomic E-state index is -0.824. The molecule has 3 heterocycles. The lowest BCUT2D eigenvalue weighted by Crippen LogP contribution is -2.25. The van der Waals surface area contributed by atoms with E-state index in [0.717, 1.165) is 43.6 Å². The third-order valence-corrected chi connectivity index (χ3v) is 5.05. The summed E-state index contributed by atoms with van der Waals surface area (Å²) in [5.41, 5.74) is 3.26. The van der Waals surface area contributed by atoms with Crippen molar-refractivity contribution in [1.82, 2.24) is 30.9 Å². The molecule has 0 saturated carbocycles. The minimum Gasteiger partial charge on any atom is -0.481 e. The molecule has 0 aliphatic carbocycles. The average Bonchev–Trinajstić information content (AvgIpc) is 3.23. The van der Waals surface area contributed by atoms with Crippen LogP contribution in [0, 0.1) is 5.92 Å². The third-order valence-electron chi connectivity index (χ3n) is 5.05. The lowest BCUT2D eigenvalue weighted by atomic mass is 9.84. The minimum absolute atomic E-state index is 0.357. The van der Waals surface area contributed by atoms with Crippen LogP contribution in [0.4, 0.5) is 0 Å². The number of pyridine rings is 1. The second kappa shape index (κ2) is 9.36. The van der Waals surface area contributed by atoms with E-state index in [1.165, 1.54) is 5.57 Å². The molecule has 0 amide bonds. The molecule has 8 heteroatoms. The van der Waals surface area contributed by atoms with Gasteiger partial charge in [0, 0.05) is 30.8 Å². The average molecular weight is 370 g/mol. The Labute approximate surface area is 158 Å². The summed E-state index contributed by atoms with van der Waals surface area (Å²) in [6.45, 7) is 3.91. The first-order valence-electron chi connectivity index (χ1n) is 9.50. The molecule has 0 saturated heterocycles. The van der Waals surface area contributed by atoms with Crippen LogP contribution < -0.4 is 5.32 Å². The van der Waals surface area contributed by atoms with Gasteiger partial charge in [-0.2, -0.15) is 5.21 Å². The van der Waals surface area contributed by atoms with Crippen LogP contribution in [-0.2, 0) is 11.2 Å². The molecule has 27 heavy (non-hydrogen) atoms.